The first kappa shape index (κ1) is 11.7. The van der Waals surface area contributed by atoms with Crippen molar-refractivity contribution < 1.29 is 4.79 Å². The molecule has 1 rings (SSSR count). The second-order valence-electron chi connectivity index (χ2n) is 3.67. The zero-order chi connectivity index (χ0) is 8.48. The van der Waals surface area contributed by atoms with E-state index in [1.807, 2.05) is 13.8 Å². The van der Waals surface area contributed by atoms with E-state index in [1.165, 1.54) is 0 Å². The highest BCUT2D eigenvalue weighted by molar-refractivity contribution is 5.85. The van der Waals surface area contributed by atoms with Crippen LogP contribution in [0.1, 0.15) is 26.7 Å². The van der Waals surface area contributed by atoms with Gasteiger partial charge in [0.25, 0.3) is 0 Å². The van der Waals surface area contributed by atoms with Gasteiger partial charge in [0.2, 0.25) is 5.91 Å². The van der Waals surface area contributed by atoms with Gasteiger partial charge in [-0.3, -0.25) is 4.79 Å². The van der Waals surface area contributed by atoms with Crippen LogP contribution in [-0.2, 0) is 4.79 Å². The van der Waals surface area contributed by atoms with Gasteiger partial charge < -0.3 is 11.1 Å². The fourth-order valence-corrected chi connectivity index (χ4v) is 0.872. The maximum atomic E-state index is 11.3. The van der Waals surface area contributed by atoms with Crippen molar-refractivity contribution in [2.24, 2.45) is 11.1 Å². The lowest BCUT2D eigenvalue weighted by molar-refractivity contribution is -0.126. The number of rotatable bonds is 3. The van der Waals surface area contributed by atoms with Gasteiger partial charge in [-0.1, -0.05) is 6.92 Å². The van der Waals surface area contributed by atoms with Crippen molar-refractivity contribution in [2.75, 3.05) is 6.54 Å². The molecule has 0 spiro atoms. The third kappa shape index (κ3) is 2.64. The van der Waals surface area contributed by atoms with Crippen LogP contribution in [0.3, 0.4) is 0 Å². The molecule has 0 radical (unpaired) electrons. The van der Waals surface area contributed by atoms with Gasteiger partial charge in [-0.25, -0.2) is 0 Å². The standard InChI is InChI=1S/C8H16N2O.ClH/c1-6(5-9)10-7(11)8(2)3-4-8;/h6H,3-5,9H2,1-2H3,(H,10,11);1H/t6-;/m0./s1. The molecule has 1 aliphatic rings. The van der Waals surface area contributed by atoms with E-state index < -0.39 is 0 Å². The van der Waals surface area contributed by atoms with E-state index in [2.05, 4.69) is 5.32 Å². The Bertz CT molecular complexity index is 168. The summed E-state index contributed by atoms with van der Waals surface area (Å²) >= 11 is 0. The fraction of sp³-hybridized carbons (Fsp3) is 0.875. The molecule has 3 N–H and O–H groups in total. The maximum Gasteiger partial charge on any atom is 0.226 e. The third-order valence-corrected chi connectivity index (χ3v) is 2.28. The van der Waals surface area contributed by atoms with E-state index in [0.717, 1.165) is 12.8 Å². The Morgan fingerprint density at radius 3 is 2.50 bits per heavy atom. The van der Waals surface area contributed by atoms with E-state index in [0.29, 0.717) is 6.54 Å². The molecule has 12 heavy (non-hydrogen) atoms. The number of nitrogens with two attached hydrogens (primary N) is 1. The molecule has 0 aliphatic heterocycles. The van der Waals surface area contributed by atoms with Crippen LogP contribution in [0.2, 0.25) is 0 Å². The Balaban J connectivity index is 0.00000121. The van der Waals surface area contributed by atoms with Crippen LogP contribution in [-0.4, -0.2) is 18.5 Å². The van der Waals surface area contributed by atoms with Gasteiger partial charge in [0, 0.05) is 18.0 Å². The van der Waals surface area contributed by atoms with Crippen LogP contribution >= 0.6 is 12.4 Å². The van der Waals surface area contributed by atoms with E-state index in [4.69, 9.17) is 5.73 Å². The number of carbonyl (C=O) groups is 1. The number of carbonyl (C=O) groups excluding carboxylic acids is 1. The Hall–Kier alpha value is -0.280. The smallest absolute Gasteiger partial charge is 0.226 e. The molecule has 3 nitrogen and oxygen atoms in total. The van der Waals surface area contributed by atoms with Gasteiger partial charge in [0.15, 0.2) is 0 Å². The molecule has 0 aromatic carbocycles. The number of hydrogen-bond acceptors (Lipinski definition) is 2. The summed E-state index contributed by atoms with van der Waals surface area (Å²) in [4.78, 5) is 11.3. The summed E-state index contributed by atoms with van der Waals surface area (Å²) in [6.45, 7) is 4.43. The lowest BCUT2D eigenvalue weighted by atomic mass is 10.1. The molecule has 1 fully saturated rings. The monoisotopic (exact) mass is 192 g/mol. The first-order valence-electron chi connectivity index (χ1n) is 4.09. The molecule has 1 atom stereocenters. The van der Waals surface area contributed by atoms with Crippen LogP contribution in [0.25, 0.3) is 0 Å². The molecule has 1 saturated carbocycles. The highest BCUT2D eigenvalue weighted by atomic mass is 35.5. The molecule has 0 bridgehead atoms. The largest absolute Gasteiger partial charge is 0.352 e. The molecule has 4 heteroatoms. The first-order chi connectivity index (χ1) is 5.08. The first-order valence-corrected chi connectivity index (χ1v) is 4.09. The average molecular weight is 193 g/mol. The summed E-state index contributed by atoms with van der Waals surface area (Å²) in [5.41, 5.74) is 5.30. The minimum absolute atomic E-state index is 0. The Morgan fingerprint density at radius 1 is 1.67 bits per heavy atom. The van der Waals surface area contributed by atoms with Crippen molar-refractivity contribution in [2.45, 2.75) is 32.7 Å². The summed E-state index contributed by atoms with van der Waals surface area (Å²) in [7, 11) is 0. The van der Waals surface area contributed by atoms with Gasteiger partial charge >= 0.3 is 0 Å². The van der Waals surface area contributed by atoms with Crippen molar-refractivity contribution in [3.8, 4) is 0 Å². The predicted octanol–water partition coefficient (Wildman–Crippen LogP) is 0.672. The van der Waals surface area contributed by atoms with Crippen molar-refractivity contribution in [1.82, 2.24) is 5.32 Å². The van der Waals surface area contributed by atoms with Gasteiger partial charge in [-0.05, 0) is 19.8 Å². The lowest BCUT2D eigenvalue weighted by Crippen LogP contribution is -2.41. The SMILES string of the molecule is C[C@@H](CN)NC(=O)C1(C)CC1.Cl. The van der Waals surface area contributed by atoms with Gasteiger partial charge in [-0.2, -0.15) is 0 Å². The Kier molecular flexibility index (Phi) is 4.00. The Labute approximate surface area is 79.5 Å². The molecular weight excluding hydrogens is 176 g/mol. The summed E-state index contributed by atoms with van der Waals surface area (Å²) in [6, 6.07) is 0.111. The van der Waals surface area contributed by atoms with Crippen molar-refractivity contribution in [3.63, 3.8) is 0 Å². The topological polar surface area (TPSA) is 55.1 Å². The van der Waals surface area contributed by atoms with Crippen LogP contribution in [0.15, 0.2) is 0 Å². The van der Waals surface area contributed by atoms with Gasteiger partial charge in [0.05, 0.1) is 0 Å². The molecular formula is C8H17ClN2O. The minimum atomic E-state index is -0.0660. The zero-order valence-corrected chi connectivity index (χ0v) is 8.41. The number of amides is 1. The number of hydrogen-bond donors (Lipinski definition) is 2. The van der Waals surface area contributed by atoms with Gasteiger partial charge in [0.1, 0.15) is 0 Å². The van der Waals surface area contributed by atoms with Crippen LogP contribution in [0.5, 0.6) is 0 Å². The van der Waals surface area contributed by atoms with Crippen molar-refractivity contribution >= 4 is 18.3 Å². The van der Waals surface area contributed by atoms with Crippen LogP contribution in [0.4, 0.5) is 0 Å². The van der Waals surface area contributed by atoms with Crippen LogP contribution in [0, 0.1) is 5.41 Å². The minimum Gasteiger partial charge on any atom is -0.352 e. The molecule has 1 amide bonds. The molecule has 0 unspecified atom stereocenters. The number of halogens is 1. The molecule has 0 aromatic rings. The van der Waals surface area contributed by atoms with E-state index in [9.17, 15) is 4.79 Å². The molecule has 0 aromatic heterocycles. The molecule has 0 heterocycles. The highest BCUT2D eigenvalue weighted by Gasteiger charge is 2.44. The summed E-state index contributed by atoms with van der Waals surface area (Å²) in [5.74, 6) is 0.162. The van der Waals surface area contributed by atoms with Crippen LogP contribution < -0.4 is 11.1 Å². The van der Waals surface area contributed by atoms with E-state index in [1.54, 1.807) is 0 Å². The average Bonchev–Trinajstić information content (AvgIpc) is 2.69. The Morgan fingerprint density at radius 2 is 2.17 bits per heavy atom. The summed E-state index contributed by atoms with van der Waals surface area (Å²) < 4.78 is 0. The molecule has 72 valence electrons. The zero-order valence-electron chi connectivity index (χ0n) is 7.59. The van der Waals surface area contributed by atoms with E-state index >= 15 is 0 Å². The maximum absolute atomic E-state index is 11.3. The summed E-state index contributed by atoms with van der Waals surface area (Å²) in [6.07, 6.45) is 2.05. The van der Waals surface area contributed by atoms with Crippen molar-refractivity contribution in [1.29, 1.82) is 0 Å². The third-order valence-electron chi connectivity index (χ3n) is 2.28. The fourth-order valence-electron chi connectivity index (χ4n) is 0.872. The van der Waals surface area contributed by atoms with E-state index in [-0.39, 0.29) is 29.8 Å². The number of nitrogens with one attached hydrogen (secondary N) is 1. The normalized spacial score (nSPS) is 20.6. The predicted molar refractivity (Wildman–Crippen MR) is 51.2 cm³/mol. The quantitative estimate of drug-likeness (QED) is 0.691. The molecule has 1 aliphatic carbocycles. The molecule has 0 saturated heterocycles. The second kappa shape index (κ2) is 4.10. The highest BCUT2D eigenvalue weighted by Crippen LogP contribution is 2.44. The summed E-state index contributed by atoms with van der Waals surface area (Å²) in [5, 5.41) is 2.87. The van der Waals surface area contributed by atoms with Crippen molar-refractivity contribution in [3.05, 3.63) is 0 Å². The van der Waals surface area contributed by atoms with Gasteiger partial charge in [-0.15, -0.1) is 12.4 Å². The second-order valence-corrected chi connectivity index (χ2v) is 3.67. The lowest BCUT2D eigenvalue weighted by Gasteiger charge is -2.14.